The Labute approximate surface area is 183 Å². The summed E-state index contributed by atoms with van der Waals surface area (Å²) in [6, 6.07) is 23.7. The number of ether oxygens (including phenoxy) is 1. The van der Waals surface area contributed by atoms with E-state index in [0.29, 0.717) is 41.6 Å². The van der Waals surface area contributed by atoms with Crippen LogP contribution < -0.4 is 15.0 Å². The molecule has 0 aliphatic heterocycles. The van der Waals surface area contributed by atoms with Crippen LogP contribution in [0.1, 0.15) is 41.5 Å². The molecule has 1 N–H and O–H groups in total. The molecule has 2 amide bonds. The molecule has 0 saturated heterocycles. The van der Waals surface area contributed by atoms with Gasteiger partial charge in [0.25, 0.3) is 11.8 Å². The average Bonchev–Trinajstić information content (AvgIpc) is 2.79. The van der Waals surface area contributed by atoms with Gasteiger partial charge in [0.05, 0.1) is 23.4 Å². The van der Waals surface area contributed by atoms with Gasteiger partial charge >= 0.3 is 0 Å². The van der Waals surface area contributed by atoms with Crippen molar-refractivity contribution in [2.45, 2.75) is 20.8 Å². The van der Waals surface area contributed by atoms with Gasteiger partial charge < -0.3 is 15.0 Å². The first-order valence-electron chi connectivity index (χ1n) is 10.5. The van der Waals surface area contributed by atoms with Crippen molar-refractivity contribution in [1.82, 2.24) is 0 Å². The summed E-state index contributed by atoms with van der Waals surface area (Å²) < 4.78 is 5.81. The van der Waals surface area contributed by atoms with Gasteiger partial charge in [-0.25, -0.2) is 0 Å². The Morgan fingerprint density at radius 3 is 2.16 bits per heavy atom. The lowest BCUT2D eigenvalue weighted by atomic mass is 10.1. The highest BCUT2D eigenvalue weighted by Gasteiger charge is 2.21. The lowest BCUT2D eigenvalue weighted by Crippen LogP contribution is -2.31. The molecule has 0 aliphatic rings. The summed E-state index contributed by atoms with van der Waals surface area (Å²) >= 11 is 0. The molecule has 0 bridgehead atoms. The molecule has 0 heterocycles. The van der Waals surface area contributed by atoms with Crippen molar-refractivity contribution < 1.29 is 14.3 Å². The molecule has 0 spiro atoms. The lowest BCUT2D eigenvalue weighted by molar-refractivity contribution is 0.0989. The van der Waals surface area contributed by atoms with Crippen molar-refractivity contribution >= 4 is 23.2 Å². The number of anilines is 2. The van der Waals surface area contributed by atoms with Gasteiger partial charge in [-0.1, -0.05) is 56.3 Å². The zero-order chi connectivity index (χ0) is 22.2. The van der Waals surface area contributed by atoms with Gasteiger partial charge in [0, 0.05) is 12.2 Å². The molecule has 0 saturated carbocycles. The minimum absolute atomic E-state index is 0.172. The van der Waals surface area contributed by atoms with E-state index in [0.717, 1.165) is 5.69 Å². The largest absolute Gasteiger partial charge is 0.492 e. The number of nitrogens with zero attached hydrogens (tertiary/aromatic N) is 1. The van der Waals surface area contributed by atoms with Crippen LogP contribution in [-0.4, -0.2) is 25.0 Å². The summed E-state index contributed by atoms with van der Waals surface area (Å²) in [6.07, 6.45) is 0. The van der Waals surface area contributed by atoms with E-state index in [1.54, 1.807) is 47.4 Å². The molecule has 0 fully saturated rings. The van der Waals surface area contributed by atoms with Crippen LogP contribution in [-0.2, 0) is 0 Å². The van der Waals surface area contributed by atoms with E-state index in [1.165, 1.54) is 0 Å². The third kappa shape index (κ3) is 5.51. The average molecular weight is 417 g/mol. The van der Waals surface area contributed by atoms with Gasteiger partial charge in [0.2, 0.25) is 0 Å². The van der Waals surface area contributed by atoms with Gasteiger partial charge in [0.15, 0.2) is 0 Å². The van der Waals surface area contributed by atoms with E-state index < -0.39 is 0 Å². The van der Waals surface area contributed by atoms with E-state index in [-0.39, 0.29) is 11.8 Å². The number of amides is 2. The van der Waals surface area contributed by atoms with Crippen molar-refractivity contribution in [3.8, 4) is 5.75 Å². The normalized spacial score (nSPS) is 10.6. The van der Waals surface area contributed by atoms with Gasteiger partial charge in [-0.05, 0) is 49.2 Å². The van der Waals surface area contributed by atoms with E-state index in [4.69, 9.17) is 4.74 Å². The first-order valence-corrected chi connectivity index (χ1v) is 10.5. The summed E-state index contributed by atoms with van der Waals surface area (Å²) in [5.41, 5.74) is 2.14. The number of benzene rings is 3. The SMILES string of the molecule is CCN(C(=O)c1ccccc1NC(=O)c1ccccc1OCC(C)C)c1ccccc1. The first-order chi connectivity index (χ1) is 15.0. The minimum Gasteiger partial charge on any atom is -0.492 e. The zero-order valence-electron chi connectivity index (χ0n) is 18.2. The molecule has 0 aliphatic carbocycles. The Morgan fingerprint density at radius 1 is 0.871 bits per heavy atom. The topological polar surface area (TPSA) is 58.6 Å². The molecular weight excluding hydrogens is 388 g/mol. The highest BCUT2D eigenvalue weighted by Crippen LogP contribution is 2.24. The second kappa shape index (κ2) is 10.4. The van der Waals surface area contributed by atoms with E-state index in [2.05, 4.69) is 19.2 Å². The smallest absolute Gasteiger partial charge is 0.260 e. The molecular formula is C26H28N2O3. The molecule has 0 aromatic heterocycles. The van der Waals surface area contributed by atoms with E-state index >= 15 is 0 Å². The number of carbonyl (C=O) groups excluding carboxylic acids is 2. The van der Waals surface area contributed by atoms with Crippen molar-refractivity contribution in [2.24, 2.45) is 5.92 Å². The summed E-state index contributed by atoms with van der Waals surface area (Å²) in [7, 11) is 0. The number of hydrogen-bond acceptors (Lipinski definition) is 3. The fourth-order valence-corrected chi connectivity index (χ4v) is 3.20. The highest BCUT2D eigenvalue weighted by atomic mass is 16.5. The second-order valence-corrected chi connectivity index (χ2v) is 7.59. The lowest BCUT2D eigenvalue weighted by Gasteiger charge is -2.22. The molecule has 31 heavy (non-hydrogen) atoms. The quantitative estimate of drug-likeness (QED) is 0.517. The Morgan fingerprint density at radius 2 is 1.48 bits per heavy atom. The molecule has 0 unspecified atom stereocenters. The predicted molar refractivity (Wildman–Crippen MR) is 125 cm³/mol. The molecule has 3 aromatic carbocycles. The van der Waals surface area contributed by atoms with Crippen LogP contribution in [0, 0.1) is 5.92 Å². The standard InChI is InChI=1S/C26H28N2O3/c1-4-28(20-12-6-5-7-13-20)26(30)21-14-8-10-16-23(21)27-25(29)22-15-9-11-17-24(22)31-18-19(2)3/h5-17,19H,4,18H2,1-3H3,(H,27,29). The second-order valence-electron chi connectivity index (χ2n) is 7.59. The molecule has 5 heteroatoms. The first kappa shape index (κ1) is 22.1. The predicted octanol–water partition coefficient (Wildman–Crippen LogP) is 5.64. The van der Waals surface area contributed by atoms with E-state index in [9.17, 15) is 9.59 Å². The van der Waals surface area contributed by atoms with Crippen molar-refractivity contribution in [1.29, 1.82) is 0 Å². The Bertz CT molecular complexity index is 1030. The monoisotopic (exact) mass is 416 g/mol. The van der Waals surface area contributed by atoms with Gasteiger partial charge in [0.1, 0.15) is 5.75 Å². The Balaban J connectivity index is 1.86. The number of rotatable bonds is 8. The number of para-hydroxylation sites is 3. The van der Waals surface area contributed by atoms with E-state index in [1.807, 2.05) is 43.3 Å². The fourth-order valence-electron chi connectivity index (χ4n) is 3.20. The van der Waals surface area contributed by atoms with Crippen LogP contribution in [0.5, 0.6) is 5.75 Å². The van der Waals surface area contributed by atoms with Crippen LogP contribution in [0.3, 0.4) is 0 Å². The van der Waals surface area contributed by atoms with Gasteiger partial charge in [-0.3, -0.25) is 9.59 Å². The van der Waals surface area contributed by atoms with Crippen molar-refractivity contribution in [3.63, 3.8) is 0 Å². The van der Waals surface area contributed by atoms with Gasteiger partial charge in [-0.2, -0.15) is 0 Å². The van der Waals surface area contributed by atoms with Crippen LogP contribution in [0.25, 0.3) is 0 Å². The third-order valence-electron chi connectivity index (χ3n) is 4.74. The van der Waals surface area contributed by atoms with Crippen LogP contribution in [0.2, 0.25) is 0 Å². The van der Waals surface area contributed by atoms with Crippen LogP contribution >= 0.6 is 0 Å². The summed E-state index contributed by atoms with van der Waals surface area (Å²) in [4.78, 5) is 28.0. The number of hydrogen-bond donors (Lipinski definition) is 1. The fraction of sp³-hybridized carbons (Fsp3) is 0.231. The summed E-state index contributed by atoms with van der Waals surface area (Å²) in [5, 5.41) is 2.90. The van der Waals surface area contributed by atoms with Crippen molar-refractivity contribution in [3.05, 3.63) is 90.0 Å². The summed E-state index contributed by atoms with van der Waals surface area (Å²) in [6.45, 7) is 7.06. The van der Waals surface area contributed by atoms with Gasteiger partial charge in [-0.15, -0.1) is 0 Å². The number of carbonyl (C=O) groups is 2. The summed E-state index contributed by atoms with van der Waals surface area (Å²) in [5.74, 6) is 0.376. The Hall–Kier alpha value is -3.60. The maximum absolute atomic E-state index is 13.3. The number of nitrogens with one attached hydrogen (secondary N) is 1. The Kier molecular flexibility index (Phi) is 7.44. The molecule has 0 radical (unpaired) electrons. The molecule has 5 nitrogen and oxygen atoms in total. The zero-order valence-corrected chi connectivity index (χ0v) is 18.2. The van der Waals surface area contributed by atoms with Crippen molar-refractivity contribution in [2.75, 3.05) is 23.4 Å². The minimum atomic E-state index is -0.317. The molecule has 3 rings (SSSR count). The van der Waals surface area contributed by atoms with Crippen LogP contribution in [0.4, 0.5) is 11.4 Å². The molecule has 3 aromatic rings. The molecule has 0 atom stereocenters. The van der Waals surface area contributed by atoms with Crippen LogP contribution in [0.15, 0.2) is 78.9 Å². The maximum atomic E-state index is 13.3. The highest BCUT2D eigenvalue weighted by molar-refractivity contribution is 6.14. The third-order valence-corrected chi connectivity index (χ3v) is 4.74. The molecule has 160 valence electrons. The maximum Gasteiger partial charge on any atom is 0.260 e.